The number of rotatable bonds is 3. The molecule has 0 saturated carbocycles. The van der Waals surface area contributed by atoms with Crippen molar-refractivity contribution in [3.8, 4) is 0 Å². The van der Waals surface area contributed by atoms with E-state index in [0.29, 0.717) is 11.6 Å². The zero-order chi connectivity index (χ0) is 13.1. The number of carboxylic acid groups (broad SMARTS) is 1. The maximum absolute atomic E-state index is 11.9. The molecular weight excluding hydrogens is 232 g/mol. The minimum absolute atomic E-state index is 0.109. The van der Waals surface area contributed by atoms with Crippen LogP contribution in [0.1, 0.15) is 23.7 Å². The summed E-state index contributed by atoms with van der Waals surface area (Å²) in [7, 11) is 0. The summed E-state index contributed by atoms with van der Waals surface area (Å²) in [6, 6.07) is 6.06. The number of benzene rings is 1. The van der Waals surface area contributed by atoms with Crippen LogP contribution in [0.3, 0.4) is 0 Å². The fourth-order valence-electron chi connectivity index (χ4n) is 2.07. The molecule has 96 valence electrons. The van der Waals surface area contributed by atoms with Gasteiger partial charge in [-0.3, -0.25) is 4.79 Å². The Morgan fingerprint density at radius 2 is 2.22 bits per heavy atom. The van der Waals surface area contributed by atoms with E-state index in [1.54, 1.807) is 12.1 Å². The van der Waals surface area contributed by atoms with E-state index in [4.69, 9.17) is 5.11 Å². The van der Waals surface area contributed by atoms with Crippen LogP contribution in [0, 0.1) is 5.92 Å². The van der Waals surface area contributed by atoms with E-state index >= 15 is 0 Å². The van der Waals surface area contributed by atoms with E-state index in [1.165, 1.54) is 12.1 Å². The quantitative estimate of drug-likeness (QED) is 0.754. The van der Waals surface area contributed by atoms with Gasteiger partial charge >= 0.3 is 5.97 Å². The van der Waals surface area contributed by atoms with Crippen molar-refractivity contribution in [3.05, 3.63) is 29.8 Å². The highest BCUT2D eigenvalue weighted by atomic mass is 16.4. The standard InChI is InChI=1S/C13H16N2O3/c1-8-5-11(14-7-8)12(16)15-10-4-2-3-9(6-10)13(17)18/h2-4,6,8,11,14H,5,7H2,1H3,(H,15,16)(H,17,18)/t8-,11-/m0/s1. The Labute approximate surface area is 105 Å². The molecule has 3 N–H and O–H groups in total. The van der Waals surface area contributed by atoms with E-state index in [2.05, 4.69) is 17.6 Å². The van der Waals surface area contributed by atoms with Gasteiger partial charge in [-0.1, -0.05) is 13.0 Å². The van der Waals surface area contributed by atoms with E-state index < -0.39 is 5.97 Å². The molecule has 0 bridgehead atoms. The molecule has 0 spiro atoms. The summed E-state index contributed by atoms with van der Waals surface area (Å²) < 4.78 is 0. The van der Waals surface area contributed by atoms with Crippen molar-refractivity contribution in [2.45, 2.75) is 19.4 Å². The molecule has 1 saturated heterocycles. The molecule has 0 aromatic heterocycles. The lowest BCUT2D eigenvalue weighted by atomic mass is 10.1. The Bertz CT molecular complexity index is 473. The predicted molar refractivity (Wildman–Crippen MR) is 67.6 cm³/mol. The van der Waals surface area contributed by atoms with Crippen LogP contribution >= 0.6 is 0 Å². The maximum atomic E-state index is 11.9. The van der Waals surface area contributed by atoms with Crippen molar-refractivity contribution in [1.29, 1.82) is 0 Å². The number of hydrogen-bond donors (Lipinski definition) is 3. The van der Waals surface area contributed by atoms with Gasteiger partial charge in [0.15, 0.2) is 0 Å². The molecular formula is C13H16N2O3. The van der Waals surface area contributed by atoms with Crippen LogP contribution in [0.25, 0.3) is 0 Å². The number of hydrogen-bond acceptors (Lipinski definition) is 3. The van der Waals surface area contributed by atoms with E-state index in [9.17, 15) is 9.59 Å². The Morgan fingerprint density at radius 3 is 2.83 bits per heavy atom. The summed E-state index contributed by atoms with van der Waals surface area (Å²) in [6.07, 6.45) is 0.810. The highest BCUT2D eigenvalue weighted by Crippen LogP contribution is 2.16. The molecule has 0 radical (unpaired) electrons. The van der Waals surface area contributed by atoms with Crippen LogP contribution in [-0.2, 0) is 4.79 Å². The first-order valence-electron chi connectivity index (χ1n) is 5.94. The summed E-state index contributed by atoms with van der Waals surface area (Å²) in [5.74, 6) is -0.619. The average molecular weight is 248 g/mol. The molecule has 1 amide bonds. The lowest BCUT2D eigenvalue weighted by molar-refractivity contribution is -0.117. The molecule has 2 rings (SSSR count). The highest BCUT2D eigenvalue weighted by Gasteiger charge is 2.26. The highest BCUT2D eigenvalue weighted by molar-refractivity contribution is 5.96. The van der Waals surface area contributed by atoms with Gasteiger partial charge in [0.1, 0.15) is 0 Å². The van der Waals surface area contributed by atoms with Crippen LogP contribution in [0.4, 0.5) is 5.69 Å². The van der Waals surface area contributed by atoms with Crippen LogP contribution in [-0.4, -0.2) is 29.6 Å². The van der Waals surface area contributed by atoms with E-state index in [1.807, 2.05) is 0 Å². The van der Waals surface area contributed by atoms with Crippen molar-refractivity contribution < 1.29 is 14.7 Å². The average Bonchev–Trinajstić information content (AvgIpc) is 2.76. The fourth-order valence-corrected chi connectivity index (χ4v) is 2.07. The molecule has 0 unspecified atom stereocenters. The van der Waals surface area contributed by atoms with Gasteiger partial charge in [-0.05, 0) is 37.1 Å². The van der Waals surface area contributed by atoms with Gasteiger partial charge in [0, 0.05) is 5.69 Å². The summed E-state index contributed by atoms with van der Waals surface area (Å²) in [5, 5.41) is 14.7. The monoisotopic (exact) mass is 248 g/mol. The second-order valence-electron chi connectivity index (χ2n) is 4.68. The molecule has 0 aliphatic carbocycles. The van der Waals surface area contributed by atoms with Gasteiger partial charge in [-0.15, -0.1) is 0 Å². The smallest absolute Gasteiger partial charge is 0.335 e. The maximum Gasteiger partial charge on any atom is 0.335 e. The summed E-state index contributed by atoms with van der Waals surface area (Å²) in [4.78, 5) is 22.7. The van der Waals surface area contributed by atoms with Crippen molar-refractivity contribution in [2.24, 2.45) is 5.92 Å². The minimum atomic E-state index is -1.00. The zero-order valence-corrected chi connectivity index (χ0v) is 10.1. The first-order valence-corrected chi connectivity index (χ1v) is 5.94. The molecule has 18 heavy (non-hydrogen) atoms. The summed E-state index contributed by atoms with van der Waals surface area (Å²) in [6.45, 7) is 2.93. The number of anilines is 1. The van der Waals surface area contributed by atoms with Crippen LogP contribution < -0.4 is 10.6 Å². The third-order valence-electron chi connectivity index (χ3n) is 3.04. The molecule has 1 aromatic carbocycles. The van der Waals surface area contributed by atoms with Crippen molar-refractivity contribution >= 4 is 17.6 Å². The molecule has 1 aliphatic heterocycles. The third-order valence-corrected chi connectivity index (χ3v) is 3.04. The number of carboxylic acids is 1. The lowest BCUT2D eigenvalue weighted by Crippen LogP contribution is -2.35. The lowest BCUT2D eigenvalue weighted by Gasteiger charge is -2.11. The van der Waals surface area contributed by atoms with Crippen LogP contribution in [0.5, 0.6) is 0 Å². The van der Waals surface area contributed by atoms with Crippen molar-refractivity contribution in [3.63, 3.8) is 0 Å². The van der Waals surface area contributed by atoms with Gasteiger partial charge in [-0.2, -0.15) is 0 Å². The minimum Gasteiger partial charge on any atom is -0.478 e. The second-order valence-corrected chi connectivity index (χ2v) is 4.68. The number of amides is 1. The number of aromatic carboxylic acids is 1. The Kier molecular flexibility index (Phi) is 3.62. The summed E-state index contributed by atoms with van der Waals surface area (Å²) >= 11 is 0. The Hall–Kier alpha value is -1.88. The first kappa shape index (κ1) is 12.6. The van der Waals surface area contributed by atoms with Gasteiger partial charge in [0.2, 0.25) is 5.91 Å². The van der Waals surface area contributed by atoms with Gasteiger partial charge < -0.3 is 15.7 Å². The normalized spacial score (nSPS) is 22.7. The van der Waals surface area contributed by atoms with E-state index in [0.717, 1.165) is 13.0 Å². The number of carbonyl (C=O) groups is 2. The van der Waals surface area contributed by atoms with Crippen LogP contribution in [0.2, 0.25) is 0 Å². The molecule has 1 aromatic rings. The zero-order valence-electron chi connectivity index (χ0n) is 10.1. The molecule has 1 heterocycles. The van der Waals surface area contributed by atoms with Gasteiger partial charge in [0.05, 0.1) is 11.6 Å². The van der Waals surface area contributed by atoms with Gasteiger partial charge in [-0.25, -0.2) is 4.79 Å². The first-order chi connectivity index (χ1) is 8.56. The predicted octanol–water partition coefficient (Wildman–Crippen LogP) is 1.32. The Balaban J connectivity index is 2.03. The SMILES string of the molecule is C[C@@H]1CN[C@H](C(=O)Nc2cccc(C(=O)O)c2)C1. The largest absolute Gasteiger partial charge is 0.478 e. The third kappa shape index (κ3) is 2.87. The van der Waals surface area contributed by atoms with Gasteiger partial charge in [0.25, 0.3) is 0 Å². The fraction of sp³-hybridized carbons (Fsp3) is 0.385. The second kappa shape index (κ2) is 5.18. The molecule has 1 fully saturated rings. The molecule has 5 heteroatoms. The van der Waals surface area contributed by atoms with E-state index in [-0.39, 0.29) is 17.5 Å². The van der Waals surface area contributed by atoms with Crippen LogP contribution in [0.15, 0.2) is 24.3 Å². The number of carbonyl (C=O) groups excluding carboxylic acids is 1. The molecule has 1 aliphatic rings. The molecule has 5 nitrogen and oxygen atoms in total. The van der Waals surface area contributed by atoms with Crippen molar-refractivity contribution in [1.82, 2.24) is 5.32 Å². The number of nitrogens with one attached hydrogen (secondary N) is 2. The van der Waals surface area contributed by atoms with Crippen molar-refractivity contribution in [2.75, 3.05) is 11.9 Å². The Morgan fingerprint density at radius 1 is 1.44 bits per heavy atom. The molecule has 2 atom stereocenters. The topological polar surface area (TPSA) is 78.4 Å². The summed E-state index contributed by atoms with van der Waals surface area (Å²) in [5.41, 5.74) is 0.682.